The van der Waals surface area contributed by atoms with Gasteiger partial charge in [0.1, 0.15) is 5.82 Å². The number of hydrogen-bond acceptors (Lipinski definition) is 3. The zero-order valence-electron chi connectivity index (χ0n) is 10.9. The number of aromatic nitrogens is 2. The summed E-state index contributed by atoms with van der Waals surface area (Å²) in [5, 5.41) is 13.9. The monoisotopic (exact) mass is 279 g/mol. The minimum atomic E-state index is -0.588. The fraction of sp³-hybridized carbons (Fsp3) is 0.357. The second kappa shape index (κ2) is 6.70. The molecule has 1 unspecified atom stereocenters. The molecular weight excluding hydrogens is 262 g/mol. The Kier molecular flexibility index (Phi) is 4.96. The van der Waals surface area contributed by atoms with Crippen molar-refractivity contribution in [3.05, 3.63) is 53.1 Å². The van der Waals surface area contributed by atoms with Crippen LogP contribution in [0.2, 0.25) is 5.02 Å². The van der Waals surface area contributed by atoms with Crippen LogP contribution in [0.15, 0.2) is 36.7 Å². The van der Waals surface area contributed by atoms with E-state index < -0.39 is 6.10 Å². The first kappa shape index (κ1) is 14.1. The summed E-state index contributed by atoms with van der Waals surface area (Å²) in [4.78, 5) is 4.24. The van der Waals surface area contributed by atoms with Crippen LogP contribution in [0.25, 0.3) is 0 Å². The Hall–Kier alpha value is -1.36. The van der Waals surface area contributed by atoms with E-state index in [1.165, 1.54) is 0 Å². The summed E-state index contributed by atoms with van der Waals surface area (Å²) in [6.07, 6.45) is 3.95. The molecule has 0 aliphatic rings. The molecule has 1 aromatic carbocycles. The number of nitrogens with one attached hydrogen (secondary N) is 1. The highest BCUT2D eigenvalue weighted by molar-refractivity contribution is 6.31. The first-order valence-corrected chi connectivity index (χ1v) is 6.65. The van der Waals surface area contributed by atoms with Gasteiger partial charge in [0.25, 0.3) is 0 Å². The molecule has 2 rings (SSSR count). The Morgan fingerprint density at radius 2 is 2.21 bits per heavy atom. The number of nitrogens with zero attached hydrogens (tertiary/aromatic N) is 2. The van der Waals surface area contributed by atoms with Crippen LogP contribution < -0.4 is 5.32 Å². The molecule has 5 heteroatoms. The molecule has 0 radical (unpaired) electrons. The highest BCUT2D eigenvalue weighted by Crippen LogP contribution is 2.21. The molecule has 2 N–H and O–H groups in total. The van der Waals surface area contributed by atoms with Crippen molar-refractivity contribution in [2.75, 3.05) is 13.1 Å². The molecule has 0 saturated carbocycles. The molecular formula is C14H18ClN3O. The summed E-state index contributed by atoms with van der Waals surface area (Å²) in [7, 11) is 1.97. The Morgan fingerprint density at radius 3 is 2.89 bits per heavy atom. The summed E-state index contributed by atoms with van der Waals surface area (Å²) in [6, 6.07) is 7.35. The lowest BCUT2D eigenvalue weighted by Gasteiger charge is -2.13. The van der Waals surface area contributed by atoms with E-state index >= 15 is 0 Å². The van der Waals surface area contributed by atoms with Crippen molar-refractivity contribution < 1.29 is 5.11 Å². The van der Waals surface area contributed by atoms with Crippen LogP contribution in [0.5, 0.6) is 0 Å². The van der Waals surface area contributed by atoms with E-state index in [-0.39, 0.29) is 0 Å². The van der Waals surface area contributed by atoms with Crippen LogP contribution in [0.3, 0.4) is 0 Å². The van der Waals surface area contributed by atoms with Gasteiger partial charge in [0.2, 0.25) is 0 Å². The van der Waals surface area contributed by atoms with Gasteiger partial charge in [0, 0.05) is 49.5 Å². The fourth-order valence-electron chi connectivity index (χ4n) is 1.93. The maximum Gasteiger partial charge on any atom is 0.109 e. The van der Waals surface area contributed by atoms with E-state index in [9.17, 15) is 5.11 Å². The number of benzene rings is 1. The van der Waals surface area contributed by atoms with Gasteiger partial charge in [-0.3, -0.25) is 0 Å². The van der Waals surface area contributed by atoms with E-state index in [1.54, 1.807) is 12.3 Å². The molecule has 1 heterocycles. The van der Waals surface area contributed by atoms with Gasteiger partial charge in [-0.05, 0) is 6.07 Å². The molecule has 19 heavy (non-hydrogen) atoms. The molecule has 0 saturated heterocycles. The minimum absolute atomic E-state index is 0.480. The van der Waals surface area contributed by atoms with Gasteiger partial charge in [-0.1, -0.05) is 29.8 Å². The number of imidazole rings is 1. The van der Waals surface area contributed by atoms with Gasteiger partial charge >= 0.3 is 0 Å². The predicted octanol–water partition coefficient (Wildman–Crippen LogP) is 1.94. The van der Waals surface area contributed by atoms with E-state index in [4.69, 9.17) is 11.6 Å². The molecule has 0 spiro atoms. The number of rotatable bonds is 6. The van der Waals surface area contributed by atoms with Crippen LogP contribution in [0.4, 0.5) is 0 Å². The Morgan fingerprint density at radius 1 is 1.42 bits per heavy atom. The summed E-state index contributed by atoms with van der Waals surface area (Å²) >= 11 is 6.03. The summed E-state index contributed by atoms with van der Waals surface area (Å²) in [5.41, 5.74) is 0.758. The van der Waals surface area contributed by atoms with Crippen molar-refractivity contribution in [2.45, 2.75) is 12.5 Å². The number of aliphatic hydroxyl groups excluding tert-OH is 1. The smallest absolute Gasteiger partial charge is 0.109 e. The number of halogens is 1. The van der Waals surface area contributed by atoms with Gasteiger partial charge in [0.15, 0.2) is 0 Å². The maximum atomic E-state index is 10.0. The lowest BCUT2D eigenvalue weighted by molar-refractivity contribution is 0.175. The summed E-state index contributed by atoms with van der Waals surface area (Å²) in [5.74, 6) is 1.03. The van der Waals surface area contributed by atoms with Crippen molar-refractivity contribution in [3.63, 3.8) is 0 Å². The average molecular weight is 280 g/mol. The molecule has 1 aromatic heterocycles. The SMILES string of the molecule is Cn1ccnc1CCNCC(O)c1ccccc1Cl. The minimum Gasteiger partial charge on any atom is -0.387 e. The average Bonchev–Trinajstić information content (AvgIpc) is 2.80. The highest BCUT2D eigenvalue weighted by atomic mass is 35.5. The number of hydrogen-bond donors (Lipinski definition) is 2. The molecule has 1 atom stereocenters. The molecule has 0 amide bonds. The van der Waals surface area contributed by atoms with Gasteiger partial charge in [-0.15, -0.1) is 0 Å². The van der Waals surface area contributed by atoms with Crippen LogP contribution in [0.1, 0.15) is 17.5 Å². The van der Waals surface area contributed by atoms with Crippen molar-refractivity contribution in [1.82, 2.24) is 14.9 Å². The van der Waals surface area contributed by atoms with E-state index in [1.807, 2.05) is 36.0 Å². The predicted molar refractivity (Wildman–Crippen MR) is 76.2 cm³/mol. The maximum absolute atomic E-state index is 10.0. The van der Waals surface area contributed by atoms with Crippen LogP contribution in [-0.2, 0) is 13.5 Å². The zero-order valence-corrected chi connectivity index (χ0v) is 11.6. The van der Waals surface area contributed by atoms with E-state index in [0.29, 0.717) is 11.6 Å². The van der Waals surface area contributed by atoms with Crippen molar-refractivity contribution in [1.29, 1.82) is 0 Å². The number of aryl methyl sites for hydroxylation is 1. The van der Waals surface area contributed by atoms with Gasteiger partial charge in [-0.2, -0.15) is 0 Å². The van der Waals surface area contributed by atoms with Crippen molar-refractivity contribution in [2.24, 2.45) is 7.05 Å². The summed E-state index contributed by atoms with van der Waals surface area (Å²) < 4.78 is 1.99. The Balaban J connectivity index is 1.77. The van der Waals surface area contributed by atoms with E-state index in [0.717, 1.165) is 24.4 Å². The molecule has 2 aromatic rings. The molecule has 4 nitrogen and oxygen atoms in total. The third-order valence-electron chi connectivity index (χ3n) is 3.05. The third-order valence-corrected chi connectivity index (χ3v) is 3.39. The Labute approximate surface area is 118 Å². The zero-order chi connectivity index (χ0) is 13.7. The standard InChI is InChI=1S/C14H18ClN3O/c1-18-9-8-17-14(18)6-7-16-10-13(19)11-4-2-3-5-12(11)15/h2-5,8-9,13,16,19H,6-7,10H2,1H3. The second-order valence-corrected chi connectivity index (χ2v) is 4.85. The fourth-order valence-corrected chi connectivity index (χ4v) is 2.19. The first-order valence-electron chi connectivity index (χ1n) is 6.28. The lowest BCUT2D eigenvalue weighted by atomic mass is 10.1. The van der Waals surface area contributed by atoms with Crippen molar-refractivity contribution in [3.8, 4) is 0 Å². The summed E-state index contributed by atoms with van der Waals surface area (Å²) in [6.45, 7) is 1.25. The largest absolute Gasteiger partial charge is 0.387 e. The molecule has 0 bridgehead atoms. The molecule has 102 valence electrons. The van der Waals surface area contributed by atoms with Crippen LogP contribution in [0, 0.1) is 0 Å². The normalized spacial score (nSPS) is 12.6. The number of aliphatic hydroxyl groups is 1. The molecule has 0 aliphatic carbocycles. The third kappa shape index (κ3) is 3.80. The van der Waals surface area contributed by atoms with Gasteiger partial charge < -0.3 is 15.0 Å². The first-order chi connectivity index (χ1) is 9.18. The van der Waals surface area contributed by atoms with Crippen LogP contribution in [-0.4, -0.2) is 27.7 Å². The second-order valence-electron chi connectivity index (χ2n) is 4.45. The highest BCUT2D eigenvalue weighted by Gasteiger charge is 2.10. The van der Waals surface area contributed by atoms with Gasteiger partial charge in [0.05, 0.1) is 6.10 Å². The molecule has 0 aliphatic heterocycles. The lowest BCUT2D eigenvalue weighted by Crippen LogP contribution is -2.24. The quantitative estimate of drug-likeness (QED) is 0.795. The topological polar surface area (TPSA) is 50.1 Å². The van der Waals surface area contributed by atoms with Crippen LogP contribution >= 0.6 is 11.6 Å². The van der Waals surface area contributed by atoms with E-state index in [2.05, 4.69) is 10.3 Å². The van der Waals surface area contributed by atoms with Crippen molar-refractivity contribution >= 4 is 11.6 Å². The van der Waals surface area contributed by atoms with Gasteiger partial charge in [-0.25, -0.2) is 4.98 Å². The molecule has 0 fully saturated rings. The Bertz CT molecular complexity index is 527.